The molecule has 0 fully saturated rings. The Bertz CT molecular complexity index is 37.5. The Labute approximate surface area is 65.7 Å². The van der Waals surface area contributed by atoms with E-state index in [1.807, 2.05) is 0 Å². The van der Waals surface area contributed by atoms with Gasteiger partial charge in [0.15, 0.2) is 0 Å². The number of aliphatic hydroxyl groups is 1. The molecule has 0 saturated heterocycles. The summed E-state index contributed by atoms with van der Waals surface area (Å²) < 4.78 is 0. The predicted molar refractivity (Wildman–Crippen MR) is 30.4 cm³/mol. The minimum Gasteiger partial charge on any atom is -0.563 e. The molecule has 0 bridgehead atoms. The largest absolute Gasteiger partial charge is 0.563 e. The van der Waals surface area contributed by atoms with E-state index in [9.17, 15) is 0 Å². The summed E-state index contributed by atoms with van der Waals surface area (Å²) in [6, 6.07) is 0. The molecule has 2 heteroatoms. The van der Waals surface area contributed by atoms with E-state index in [0.717, 1.165) is 19.3 Å². The Hall–Kier alpha value is 0.648. The molecule has 0 atom stereocenters. The summed E-state index contributed by atoms with van der Waals surface area (Å²) >= 11 is 0. The Balaban J connectivity index is 0. The van der Waals surface area contributed by atoms with Gasteiger partial charge in [-0.15, -0.1) is 0 Å². The van der Waals surface area contributed by atoms with Gasteiger partial charge in [-0.1, -0.05) is 19.8 Å². The first-order valence-electron chi connectivity index (χ1n) is 2.78. The Morgan fingerprint density at radius 2 is 2.00 bits per heavy atom. The zero-order chi connectivity index (χ0) is 5.70. The van der Waals surface area contributed by atoms with Crippen molar-refractivity contribution in [2.45, 2.75) is 33.1 Å². The maximum Gasteiger partial charge on any atom is 0 e. The van der Waals surface area contributed by atoms with Crippen LogP contribution in [0.1, 0.15) is 33.1 Å². The molecule has 0 radical (unpaired) electrons. The summed E-state index contributed by atoms with van der Waals surface area (Å²) in [5.74, 6) is 0. The summed E-state index contributed by atoms with van der Waals surface area (Å²) in [6.07, 6.45) is 3.71. The molecule has 0 heterocycles. The van der Waals surface area contributed by atoms with E-state index in [1.54, 1.807) is 6.92 Å². The van der Waals surface area contributed by atoms with Gasteiger partial charge in [0.25, 0.3) is 0 Å². The molecule has 0 aliphatic rings. The molecule has 0 rings (SSSR count). The van der Waals surface area contributed by atoms with E-state index in [4.69, 9.17) is 5.11 Å². The molecule has 0 amide bonds. The van der Waals surface area contributed by atoms with Crippen LogP contribution in [0.2, 0.25) is 0 Å². The van der Waals surface area contributed by atoms with Crippen LogP contribution < -0.4 is 0 Å². The van der Waals surface area contributed by atoms with Crippen molar-refractivity contribution >= 4 is 0 Å². The van der Waals surface area contributed by atoms with Gasteiger partial charge < -0.3 is 5.11 Å². The Kier molecular flexibility index (Phi) is 10.9. The number of aliphatic hydroxyl groups excluding tert-OH is 1. The van der Waals surface area contributed by atoms with Crippen LogP contribution >= 0.6 is 0 Å². The third kappa shape index (κ3) is 9.82. The first-order chi connectivity index (χ1) is 3.27. The summed E-state index contributed by atoms with van der Waals surface area (Å²) in [5, 5.41) is 8.60. The van der Waals surface area contributed by atoms with Crippen molar-refractivity contribution in [3.8, 4) is 0 Å². The fraction of sp³-hybridized carbons (Fsp3) is 0.833. The minimum atomic E-state index is 0. The molecular formula is C6H13OW-. The van der Waals surface area contributed by atoms with E-state index in [1.165, 1.54) is 0 Å². The summed E-state index contributed by atoms with van der Waals surface area (Å²) in [5.41, 5.74) is 0. The molecule has 0 aliphatic heterocycles. The SMILES string of the molecule is CCCC[C-](C)O.[W]. The second-order valence-electron chi connectivity index (χ2n) is 1.84. The molecule has 1 nitrogen and oxygen atoms in total. The van der Waals surface area contributed by atoms with Crippen LogP contribution in [0.15, 0.2) is 0 Å². The second kappa shape index (κ2) is 7.65. The van der Waals surface area contributed by atoms with E-state index >= 15 is 0 Å². The number of rotatable bonds is 3. The maximum absolute atomic E-state index is 8.60. The van der Waals surface area contributed by atoms with Crippen LogP contribution in [0.3, 0.4) is 0 Å². The fourth-order valence-electron chi connectivity index (χ4n) is 0.433. The average molecular weight is 285 g/mol. The molecule has 1 N–H and O–H groups in total. The van der Waals surface area contributed by atoms with Crippen molar-refractivity contribution in [1.82, 2.24) is 0 Å². The third-order valence-corrected chi connectivity index (χ3v) is 0.892. The van der Waals surface area contributed by atoms with Gasteiger partial charge in [-0.05, 0) is 0 Å². The number of hydrogen-bond acceptors (Lipinski definition) is 1. The smallest absolute Gasteiger partial charge is 0 e. The summed E-state index contributed by atoms with van der Waals surface area (Å²) in [7, 11) is 0. The van der Waals surface area contributed by atoms with Crippen molar-refractivity contribution in [2.24, 2.45) is 0 Å². The van der Waals surface area contributed by atoms with Gasteiger partial charge in [0.2, 0.25) is 0 Å². The minimum absolute atomic E-state index is 0. The molecule has 50 valence electrons. The molecule has 0 spiro atoms. The van der Waals surface area contributed by atoms with Crippen LogP contribution in [0, 0.1) is 6.10 Å². The van der Waals surface area contributed by atoms with E-state index in [0.29, 0.717) is 6.10 Å². The standard InChI is InChI=1S/C6H13O.W/c1-3-4-5-6(2)7;/h7H,3-5H2,1-2H3;/q-1;. The van der Waals surface area contributed by atoms with Crippen molar-refractivity contribution < 1.29 is 26.2 Å². The van der Waals surface area contributed by atoms with E-state index in [2.05, 4.69) is 6.92 Å². The second-order valence-corrected chi connectivity index (χ2v) is 1.84. The van der Waals surface area contributed by atoms with E-state index < -0.39 is 0 Å². The van der Waals surface area contributed by atoms with Crippen LogP contribution in [0.25, 0.3) is 0 Å². The van der Waals surface area contributed by atoms with Crippen LogP contribution in [-0.2, 0) is 21.1 Å². The van der Waals surface area contributed by atoms with Gasteiger partial charge >= 0.3 is 0 Å². The monoisotopic (exact) mass is 285 g/mol. The van der Waals surface area contributed by atoms with Gasteiger partial charge in [-0.3, -0.25) is 0 Å². The molecule has 0 aliphatic carbocycles. The normalized spacial score (nSPS) is 9.00. The zero-order valence-electron chi connectivity index (χ0n) is 5.48. The van der Waals surface area contributed by atoms with Crippen LogP contribution in [-0.4, -0.2) is 5.11 Å². The zero-order valence-corrected chi connectivity index (χ0v) is 8.41. The van der Waals surface area contributed by atoms with Gasteiger partial charge in [0.05, 0.1) is 0 Å². The van der Waals surface area contributed by atoms with Crippen molar-refractivity contribution in [1.29, 1.82) is 0 Å². The molecular weight excluding hydrogens is 272 g/mol. The molecule has 0 unspecified atom stereocenters. The van der Waals surface area contributed by atoms with Crippen molar-refractivity contribution in [3.63, 3.8) is 0 Å². The molecule has 0 aromatic rings. The Morgan fingerprint density at radius 3 is 2.12 bits per heavy atom. The average Bonchev–Trinajstić information content (AvgIpc) is 1.61. The van der Waals surface area contributed by atoms with Crippen LogP contribution in [0.4, 0.5) is 0 Å². The number of hydrogen-bond donors (Lipinski definition) is 1. The maximum atomic E-state index is 8.60. The van der Waals surface area contributed by atoms with Gasteiger partial charge in [-0.25, -0.2) is 6.10 Å². The molecule has 8 heavy (non-hydrogen) atoms. The quantitative estimate of drug-likeness (QED) is 0.787. The first kappa shape index (κ1) is 11.4. The van der Waals surface area contributed by atoms with E-state index in [-0.39, 0.29) is 21.1 Å². The third-order valence-electron chi connectivity index (χ3n) is 0.892. The topological polar surface area (TPSA) is 20.2 Å². The number of unbranched alkanes of at least 4 members (excludes halogenated alkanes) is 1. The molecule has 0 aromatic heterocycles. The van der Waals surface area contributed by atoms with Crippen molar-refractivity contribution in [3.05, 3.63) is 6.10 Å². The summed E-state index contributed by atoms with van der Waals surface area (Å²) in [6.45, 7) is 3.86. The first-order valence-corrected chi connectivity index (χ1v) is 2.78. The molecule has 0 aromatic carbocycles. The summed E-state index contributed by atoms with van der Waals surface area (Å²) in [4.78, 5) is 0. The molecule has 0 saturated carbocycles. The van der Waals surface area contributed by atoms with Crippen LogP contribution in [0.5, 0.6) is 0 Å². The fourth-order valence-corrected chi connectivity index (χ4v) is 0.433. The van der Waals surface area contributed by atoms with Gasteiger partial charge in [0, 0.05) is 21.1 Å². The van der Waals surface area contributed by atoms with Gasteiger partial charge in [0.1, 0.15) is 0 Å². The predicted octanol–water partition coefficient (Wildman–Crippen LogP) is 2.10. The Morgan fingerprint density at radius 1 is 1.50 bits per heavy atom. The van der Waals surface area contributed by atoms with Crippen molar-refractivity contribution in [2.75, 3.05) is 0 Å². The van der Waals surface area contributed by atoms with Gasteiger partial charge in [-0.2, -0.15) is 13.3 Å².